The van der Waals surface area contributed by atoms with Crippen LogP contribution in [0.4, 0.5) is 0 Å². The van der Waals surface area contributed by atoms with E-state index in [2.05, 4.69) is 0 Å². The highest BCUT2D eigenvalue weighted by atomic mass is 32.3. The van der Waals surface area contributed by atoms with E-state index in [0.717, 1.165) is 9.81 Å². The van der Waals surface area contributed by atoms with Crippen LogP contribution >= 0.6 is 23.5 Å². The SMILES string of the molecule is CC1=C(C)SC(S(=O)(=O)O)S1. The van der Waals surface area contributed by atoms with Crippen molar-refractivity contribution in [1.29, 1.82) is 0 Å². The van der Waals surface area contributed by atoms with Gasteiger partial charge in [-0.1, -0.05) is 23.5 Å². The maximum Gasteiger partial charge on any atom is 0.287 e. The van der Waals surface area contributed by atoms with Crippen LogP contribution < -0.4 is 0 Å². The molecule has 0 aromatic rings. The molecular formula is C5H8O3S3. The van der Waals surface area contributed by atoms with Crippen LogP contribution in [-0.4, -0.2) is 16.9 Å². The van der Waals surface area contributed by atoms with Gasteiger partial charge in [-0.3, -0.25) is 4.55 Å². The Bertz CT molecular complexity index is 276. The number of thioether (sulfide) groups is 2. The largest absolute Gasteiger partial charge is 0.287 e. The predicted octanol–water partition coefficient (Wildman–Crippen LogP) is 1.89. The van der Waals surface area contributed by atoms with Crippen LogP contribution in [0.15, 0.2) is 9.81 Å². The fraction of sp³-hybridized carbons (Fsp3) is 0.600. The summed E-state index contributed by atoms with van der Waals surface area (Å²) in [7, 11) is -3.88. The summed E-state index contributed by atoms with van der Waals surface area (Å²) in [5, 5.41) is 0. The van der Waals surface area contributed by atoms with Gasteiger partial charge in [0.05, 0.1) is 0 Å². The van der Waals surface area contributed by atoms with Gasteiger partial charge >= 0.3 is 0 Å². The molecule has 6 heteroatoms. The summed E-state index contributed by atoms with van der Waals surface area (Å²) in [5.41, 5.74) is 0. The molecule has 0 fully saturated rings. The quantitative estimate of drug-likeness (QED) is 0.673. The fourth-order valence-electron chi connectivity index (χ4n) is 0.600. The fourth-order valence-corrected chi connectivity index (χ4v) is 4.70. The highest BCUT2D eigenvalue weighted by Crippen LogP contribution is 2.47. The summed E-state index contributed by atoms with van der Waals surface area (Å²) in [6, 6.07) is 0. The van der Waals surface area contributed by atoms with Gasteiger partial charge in [0.25, 0.3) is 10.1 Å². The summed E-state index contributed by atoms with van der Waals surface area (Å²) in [4.78, 5) is 1.94. The van der Waals surface area contributed by atoms with Gasteiger partial charge in [0.2, 0.25) is 0 Å². The second kappa shape index (κ2) is 3.01. The van der Waals surface area contributed by atoms with Gasteiger partial charge in [0, 0.05) is 0 Å². The zero-order valence-corrected chi connectivity index (χ0v) is 8.52. The maximum atomic E-state index is 10.6. The van der Waals surface area contributed by atoms with Gasteiger partial charge in [-0.2, -0.15) is 8.42 Å². The van der Waals surface area contributed by atoms with Crippen LogP contribution in [0.1, 0.15) is 13.8 Å². The van der Waals surface area contributed by atoms with Gasteiger partial charge in [-0.25, -0.2) is 0 Å². The third kappa shape index (κ3) is 2.14. The maximum absolute atomic E-state index is 10.6. The molecule has 0 saturated carbocycles. The second-order valence-corrected chi connectivity index (χ2v) is 7.19. The van der Waals surface area contributed by atoms with Crippen molar-refractivity contribution in [3.63, 3.8) is 0 Å². The lowest BCUT2D eigenvalue weighted by Crippen LogP contribution is -2.09. The topological polar surface area (TPSA) is 54.4 Å². The molecule has 0 saturated heterocycles. The minimum Gasteiger partial charge on any atom is -0.284 e. The lowest BCUT2D eigenvalue weighted by Gasteiger charge is -2.02. The molecule has 0 aromatic heterocycles. The predicted molar refractivity (Wildman–Crippen MR) is 48.9 cm³/mol. The lowest BCUT2D eigenvalue weighted by molar-refractivity contribution is 0.487. The van der Waals surface area contributed by atoms with Crippen LogP contribution in [0.2, 0.25) is 0 Å². The highest BCUT2D eigenvalue weighted by molar-refractivity contribution is 8.33. The number of hydrogen-bond donors (Lipinski definition) is 1. The van der Waals surface area contributed by atoms with E-state index in [1.165, 1.54) is 23.5 Å². The van der Waals surface area contributed by atoms with Crippen molar-refractivity contribution in [3.8, 4) is 0 Å². The third-order valence-corrected chi connectivity index (χ3v) is 6.22. The first kappa shape index (κ1) is 9.44. The molecule has 3 nitrogen and oxygen atoms in total. The van der Waals surface area contributed by atoms with Crippen LogP contribution in [-0.2, 0) is 10.1 Å². The van der Waals surface area contributed by atoms with Crippen molar-refractivity contribution in [2.45, 2.75) is 17.8 Å². The molecule has 0 unspecified atom stereocenters. The van der Waals surface area contributed by atoms with E-state index in [1.54, 1.807) is 0 Å². The van der Waals surface area contributed by atoms with Crippen molar-refractivity contribution in [2.75, 3.05) is 0 Å². The molecule has 0 radical (unpaired) electrons. The first-order chi connectivity index (χ1) is 4.91. The Morgan fingerprint density at radius 1 is 1.27 bits per heavy atom. The Morgan fingerprint density at radius 2 is 1.64 bits per heavy atom. The molecule has 0 aromatic carbocycles. The highest BCUT2D eigenvalue weighted by Gasteiger charge is 2.30. The Balaban J connectivity index is 2.77. The van der Waals surface area contributed by atoms with Crippen LogP contribution in [0.25, 0.3) is 0 Å². The first-order valence-electron chi connectivity index (χ1n) is 2.88. The second-order valence-electron chi connectivity index (χ2n) is 2.15. The van der Waals surface area contributed by atoms with Crippen LogP contribution in [0.3, 0.4) is 0 Å². The number of allylic oxidation sites excluding steroid dienone is 2. The summed E-state index contributed by atoms with van der Waals surface area (Å²) in [6.07, 6.45) is 0. The molecule has 0 aliphatic carbocycles. The first-order valence-corrected chi connectivity index (χ1v) is 6.14. The van der Waals surface area contributed by atoms with Gasteiger partial charge in [-0.15, -0.1) is 0 Å². The van der Waals surface area contributed by atoms with Crippen molar-refractivity contribution >= 4 is 33.6 Å². The minimum absolute atomic E-state index is 0.748. The molecule has 64 valence electrons. The summed E-state index contributed by atoms with van der Waals surface area (Å²) < 4.78 is 29.1. The van der Waals surface area contributed by atoms with E-state index in [0.29, 0.717) is 0 Å². The Hall–Kier alpha value is 0.350. The van der Waals surface area contributed by atoms with Crippen molar-refractivity contribution in [1.82, 2.24) is 0 Å². The van der Waals surface area contributed by atoms with E-state index in [9.17, 15) is 8.42 Å². The normalized spacial score (nSPS) is 21.4. The minimum atomic E-state index is -3.88. The lowest BCUT2D eigenvalue weighted by atomic mass is 10.6. The molecule has 1 aliphatic rings. The monoisotopic (exact) mass is 212 g/mol. The van der Waals surface area contributed by atoms with E-state index in [-0.39, 0.29) is 0 Å². The van der Waals surface area contributed by atoms with Crippen molar-refractivity contribution in [3.05, 3.63) is 9.81 Å². The number of hydrogen-bond acceptors (Lipinski definition) is 4. The molecule has 1 heterocycles. The standard InChI is InChI=1S/C5H8O3S3/c1-3-4(2)10-5(9-3)11(6,7)8/h5H,1-2H3,(H,6,7,8). The average molecular weight is 212 g/mol. The zero-order valence-electron chi connectivity index (χ0n) is 6.07. The summed E-state index contributed by atoms with van der Waals surface area (Å²) >= 11 is 2.37. The average Bonchev–Trinajstić information content (AvgIpc) is 2.11. The molecule has 1 aliphatic heterocycles. The molecule has 0 spiro atoms. The molecule has 1 rings (SSSR count). The van der Waals surface area contributed by atoms with Gasteiger partial charge in [-0.05, 0) is 23.7 Å². The van der Waals surface area contributed by atoms with Crippen LogP contribution in [0, 0.1) is 0 Å². The Kier molecular flexibility index (Phi) is 2.58. The Labute approximate surface area is 74.4 Å². The van der Waals surface area contributed by atoms with Crippen molar-refractivity contribution < 1.29 is 13.0 Å². The van der Waals surface area contributed by atoms with Crippen molar-refractivity contribution in [2.24, 2.45) is 0 Å². The third-order valence-electron chi connectivity index (χ3n) is 1.28. The van der Waals surface area contributed by atoms with E-state index < -0.39 is 14.0 Å². The van der Waals surface area contributed by atoms with E-state index in [1.807, 2.05) is 13.8 Å². The summed E-state index contributed by atoms with van der Waals surface area (Å²) in [6.45, 7) is 3.69. The van der Waals surface area contributed by atoms with Gasteiger partial charge < -0.3 is 0 Å². The smallest absolute Gasteiger partial charge is 0.284 e. The number of rotatable bonds is 1. The van der Waals surface area contributed by atoms with E-state index >= 15 is 0 Å². The van der Waals surface area contributed by atoms with E-state index in [4.69, 9.17) is 4.55 Å². The molecule has 0 bridgehead atoms. The van der Waals surface area contributed by atoms with Crippen LogP contribution in [0.5, 0.6) is 0 Å². The molecular weight excluding hydrogens is 204 g/mol. The summed E-state index contributed by atoms with van der Waals surface area (Å²) in [5.74, 6) is 0. The Morgan fingerprint density at radius 3 is 1.82 bits per heavy atom. The molecule has 0 atom stereocenters. The van der Waals surface area contributed by atoms with Gasteiger partial charge in [0.1, 0.15) is 0 Å². The molecule has 11 heavy (non-hydrogen) atoms. The molecule has 0 amide bonds. The molecule has 1 N–H and O–H groups in total. The zero-order chi connectivity index (χ0) is 8.65. The van der Waals surface area contributed by atoms with Gasteiger partial charge in [0.15, 0.2) is 3.91 Å².